The fourth-order valence-corrected chi connectivity index (χ4v) is 4.45. The molecule has 0 radical (unpaired) electrons. The van der Waals surface area contributed by atoms with Crippen LogP contribution in [-0.2, 0) is 9.96 Å². The van der Waals surface area contributed by atoms with E-state index in [9.17, 15) is 0 Å². The van der Waals surface area contributed by atoms with E-state index in [1.54, 1.807) is 0 Å². The molecular formula is C23H45NO2Si2. The van der Waals surface area contributed by atoms with Crippen LogP contribution in [-0.4, -0.2) is 29.8 Å². The van der Waals surface area contributed by atoms with E-state index in [0.29, 0.717) is 0 Å². The van der Waals surface area contributed by atoms with Gasteiger partial charge in [-0.1, -0.05) is 53.7 Å². The highest BCUT2D eigenvalue weighted by Gasteiger charge is 2.39. The number of hydrogen-bond acceptors (Lipinski definition) is 3. The Labute approximate surface area is 176 Å². The minimum Gasteiger partial charge on any atom is -0.544 e. The van der Waals surface area contributed by atoms with Crippen molar-refractivity contribution in [3.63, 3.8) is 0 Å². The normalized spacial score (nSPS) is 14.3. The highest BCUT2D eigenvalue weighted by molar-refractivity contribution is 6.75. The molecule has 0 fully saturated rings. The van der Waals surface area contributed by atoms with Gasteiger partial charge in [-0.15, -0.1) is 0 Å². The third-order valence-corrected chi connectivity index (χ3v) is 15.6. The number of nitrogens with one attached hydrogen (secondary N) is 1. The zero-order chi connectivity index (χ0) is 22.0. The lowest BCUT2D eigenvalue weighted by Gasteiger charge is -2.37. The van der Waals surface area contributed by atoms with Crippen molar-refractivity contribution in [2.75, 3.05) is 13.2 Å². The Kier molecular flexibility index (Phi) is 7.83. The maximum Gasteiger partial charge on any atom is 0.250 e. The van der Waals surface area contributed by atoms with E-state index in [4.69, 9.17) is 8.85 Å². The van der Waals surface area contributed by atoms with Crippen molar-refractivity contribution < 1.29 is 8.85 Å². The lowest BCUT2D eigenvalue weighted by Crippen LogP contribution is -2.44. The number of benzene rings is 1. The standard InChI is InChI=1S/C23H45NO2Si2/c1-21(2,3)27(9,10)25-18-17-24-23(7,8)19-13-15-20(16-14-19)26-28(11,12)22(4,5)6/h13-16,24H,17-18H2,1-12H3. The second-order valence-corrected chi connectivity index (χ2v) is 21.1. The molecule has 162 valence electrons. The van der Waals surface area contributed by atoms with E-state index >= 15 is 0 Å². The van der Waals surface area contributed by atoms with Crippen molar-refractivity contribution in [3.8, 4) is 5.75 Å². The van der Waals surface area contributed by atoms with Gasteiger partial charge in [0.05, 0.1) is 0 Å². The summed E-state index contributed by atoms with van der Waals surface area (Å²) < 4.78 is 12.7. The molecule has 0 spiro atoms. The van der Waals surface area contributed by atoms with E-state index < -0.39 is 16.6 Å². The lowest BCUT2D eigenvalue weighted by molar-refractivity contribution is 0.264. The van der Waals surface area contributed by atoms with E-state index in [0.717, 1.165) is 18.9 Å². The molecule has 3 nitrogen and oxygen atoms in total. The molecular weight excluding hydrogens is 378 g/mol. The Hall–Kier alpha value is -0.626. The van der Waals surface area contributed by atoms with Crippen LogP contribution in [0, 0.1) is 0 Å². The zero-order valence-electron chi connectivity index (χ0n) is 20.5. The van der Waals surface area contributed by atoms with Crippen molar-refractivity contribution in [2.24, 2.45) is 0 Å². The molecule has 0 aliphatic heterocycles. The minimum absolute atomic E-state index is 0.105. The average molecular weight is 424 g/mol. The molecule has 1 aromatic carbocycles. The molecule has 0 heterocycles. The molecule has 0 saturated heterocycles. The molecule has 1 rings (SSSR count). The van der Waals surface area contributed by atoms with Crippen LogP contribution in [0.2, 0.25) is 36.3 Å². The highest BCUT2D eigenvalue weighted by atomic mass is 28.4. The van der Waals surface area contributed by atoms with Crippen LogP contribution in [0.1, 0.15) is 61.0 Å². The SMILES string of the molecule is CC(C)(NCCO[Si](C)(C)C(C)(C)C)c1ccc(O[Si](C)(C)C(C)(C)C)cc1. The molecule has 28 heavy (non-hydrogen) atoms. The summed E-state index contributed by atoms with van der Waals surface area (Å²) in [5.74, 6) is 0.979. The van der Waals surface area contributed by atoms with Gasteiger partial charge < -0.3 is 14.2 Å². The molecule has 1 aromatic rings. The van der Waals surface area contributed by atoms with Crippen LogP contribution < -0.4 is 9.74 Å². The van der Waals surface area contributed by atoms with E-state index in [1.807, 2.05) is 0 Å². The van der Waals surface area contributed by atoms with Gasteiger partial charge in [-0.05, 0) is 67.8 Å². The van der Waals surface area contributed by atoms with Gasteiger partial charge in [0, 0.05) is 18.7 Å². The van der Waals surface area contributed by atoms with Crippen molar-refractivity contribution in [2.45, 2.75) is 97.2 Å². The quantitative estimate of drug-likeness (QED) is 0.364. The van der Waals surface area contributed by atoms with Crippen molar-refractivity contribution >= 4 is 16.6 Å². The second kappa shape index (κ2) is 8.62. The molecule has 0 aliphatic carbocycles. The maximum atomic E-state index is 6.40. The minimum atomic E-state index is -1.80. The maximum absolute atomic E-state index is 6.40. The van der Waals surface area contributed by atoms with Gasteiger partial charge in [0.15, 0.2) is 8.32 Å². The molecule has 1 N–H and O–H groups in total. The average Bonchev–Trinajstić information content (AvgIpc) is 2.49. The Bertz CT molecular complexity index is 623. The Balaban J connectivity index is 2.67. The van der Waals surface area contributed by atoms with Gasteiger partial charge in [0.2, 0.25) is 8.32 Å². The summed E-state index contributed by atoms with van der Waals surface area (Å²) in [5.41, 5.74) is 1.16. The lowest BCUT2D eigenvalue weighted by atomic mass is 9.94. The monoisotopic (exact) mass is 423 g/mol. The fraction of sp³-hybridized carbons (Fsp3) is 0.739. The third-order valence-electron chi connectivity index (χ3n) is 6.69. The summed E-state index contributed by atoms with van der Waals surface area (Å²) in [6, 6.07) is 8.60. The van der Waals surface area contributed by atoms with Crippen molar-refractivity contribution in [1.82, 2.24) is 5.32 Å². The molecule has 0 unspecified atom stereocenters. The first-order valence-electron chi connectivity index (χ1n) is 10.6. The van der Waals surface area contributed by atoms with E-state index in [2.05, 4.69) is 111 Å². The Morgan fingerprint density at radius 2 is 1.21 bits per heavy atom. The summed E-state index contributed by atoms with van der Waals surface area (Å²) in [5, 5.41) is 4.11. The third kappa shape index (κ3) is 6.72. The van der Waals surface area contributed by atoms with Crippen molar-refractivity contribution in [1.29, 1.82) is 0 Å². The van der Waals surface area contributed by atoms with Crippen LogP contribution >= 0.6 is 0 Å². The highest BCUT2D eigenvalue weighted by Crippen LogP contribution is 2.38. The molecule has 5 heteroatoms. The topological polar surface area (TPSA) is 30.5 Å². The van der Waals surface area contributed by atoms with Crippen LogP contribution in [0.5, 0.6) is 5.75 Å². The fourth-order valence-electron chi connectivity index (χ4n) is 2.38. The van der Waals surface area contributed by atoms with Gasteiger partial charge in [0.1, 0.15) is 5.75 Å². The van der Waals surface area contributed by atoms with E-state index in [-0.39, 0.29) is 15.6 Å². The summed E-state index contributed by atoms with van der Waals surface area (Å²) in [4.78, 5) is 0. The van der Waals surface area contributed by atoms with Crippen LogP contribution in [0.3, 0.4) is 0 Å². The van der Waals surface area contributed by atoms with Gasteiger partial charge in [-0.3, -0.25) is 0 Å². The second-order valence-electron chi connectivity index (χ2n) is 11.5. The Morgan fingerprint density at radius 1 is 0.750 bits per heavy atom. The zero-order valence-corrected chi connectivity index (χ0v) is 22.5. The molecule has 0 amide bonds. The van der Waals surface area contributed by atoms with Crippen LogP contribution in [0.25, 0.3) is 0 Å². The van der Waals surface area contributed by atoms with Gasteiger partial charge in [-0.2, -0.15) is 0 Å². The molecule has 0 saturated carbocycles. The van der Waals surface area contributed by atoms with E-state index in [1.165, 1.54) is 5.56 Å². The Morgan fingerprint density at radius 3 is 1.64 bits per heavy atom. The predicted octanol–water partition coefficient (Wildman–Crippen LogP) is 6.92. The molecule has 0 bridgehead atoms. The van der Waals surface area contributed by atoms with Crippen LogP contribution in [0.15, 0.2) is 24.3 Å². The summed E-state index contributed by atoms with van der Waals surface area (Å²) in [7, 11) is -3.48. The van der Waals surface area contributed by atoms with Gasteiger partial charge in [0.25, 0.3) is 0 Å². The molecule has 0 atom stereocenters. The first kappa shape index (κ1) is 25.4. The first-order valence-corrected chi connectivity index (χ1v) is 16.4. The summed E-state index contributed by atoms with van der Waals surface area (Å²) in [6.45, 7) is 28.9. The summed E-state index contributed by atoms with van der Waals surface area (Å²) >= 11 is 0. The van der Waals surface area contributed by atoms with Gasteiger partial charge >= 0.3 is 0 Å². The van der Waals surface area contributed by atoms with Gasteiger partial charge in [-0.25, -0.2) is 0 Å². The number of hydrogen-bond donors (Lipinski definition) is 1. The van der Waals surface area contributed by atoms with Crippen molar-refractivity contribution in [3.05, 3.63) is 29.8 Å². The molecule has 0 aliphatic rings. The van der Waals surface area contributed by atoms with Crippen LogP contribution in [0.4, 0.5) is 0 Å². The summed E-state index contributed by atoms with van der Waals surface area (Å²) in [6.07, 6.45) is 0. The first-order chi connectivity index (χ1) is 12.4. The molecule has 0 aromatic heterocycles. The predicted molar refractivity (Wildman–Crippen MR) is 128 cm³/mol. The smallest absolute Gasteiger partial charge is 0.250 e. The largest absolute Gasteiger partial charge is 0.544 e. The number of rotatable bonds is 8.